The lowest BCUT2D eigenvalue weighted by Crippen LogP contribution is -2.29. The van der Waals surface area contributed by atoms with Crippen LogP contribution in [0.25, 0.3) is 0 Å². The van der Waals surface area contributed by atoms with E-state index in [2.05, 4.69) is 62.3 Å². The average molecular weight is 380 g/mol. The molecule has 0 saturated heterocycles. The number of rotatable bonds is 3. The molecule has 2 aromatic rings. The highest BCUT2D eigenvalue weighted by atomic mass is 31.1. The molecule has 2 aromatic carbocycles. The van der Waals surface area contributed by atoms with Gasteiger partial charge in [-0.1, -0.05) is 30.3 Å². The van der Waals surface area contributed by atoms with Crippen LogP contribution in [0.5, 0.6) is 0 Å². The topological polar surface area (TPSA) is 0 Å². The lowest BCUT2D eigenvalue weighted by atomic mass is 9.74. The summed E-state index contributed by atoms with van der Waals surface area (Å²) in [6.07, 6.45) is 16.7. The van der Waals surface area contributed by atoms with Gasteiger partial charge in [-0.3, -0.25) is 0 Å². The second-order valence-corrected chi connectivity index (χ2v) is 12.1. The molecular formula is C24H30P2+2. The fourth-order valence-corrected chi connectivity index (χ4v) is 7.49. The van der Waals surface area contributed by atoms with Gasteiger partial charge in [0.15, 0.2) is 5.30 Å². The first-order valence-corrected chi connectivity index (χ1v) is 13.9. The first-order valence-electron chi connectivity index (χ1n) is 9.88. The Bertz CT molecular complexity index is 878. The Morgan fingerprint density at radius 3 is 2.42 bits per heavy atom. The zero-order chi connectivity index (χ0) is 18.3. The molecule has 0 saturated carbocycles. The maximum atomic E-state index is 4.55. The SMILES string of the molecule is C=[P+](C)c1ccc2c(c1[C@H]1c3ccccc3CC[C@H]1[P+](=C)C)CCCC2. The number of hydrogen-bond acceptors (Lipinski definition) is 0. The predicted octanol–water partition coefficient (Wildman–Crippen LogP) is 5.72. The number of fused-ring (bicyclic) bond motifs is 2. The zero-order valence-corrected chi connectivity index (χ0v) is 18.0. The average Bonchev–Trinajstić information content (AvgIpc) is 2.66. The van der Waals surface area contributed by atoms with Crippen LogP contribution in [0.1, 0.15) is 53.0 Å². The fraction of sp³-hybridized carbons (Fsp3) is 0.417. The molecule has 2 aliphatic carbocycles. The summed E-state index contributed by atoms with van der Waals surface area (Å²) in [5.74, 6) is 0.531. The molecule has 0 heterocycles. The minimum absolute atomic E-state index is 0.214. The zero-order valence-electron chi connectivity index (χ0n) is 16.2. The van der Waals surface area contributed by atoms with E-state index >= 15 is 0 Å². The van der Waals surface area contributed by atoms with Crippen molar-refractivity contribution in [3.63, 3.8) is 0 Å². The van der Waals surface area contributed by atoms with Crippen LogP contribution in [0.3, 0.4) is 0 Å². The van der Waals surface area contributed by atoms with Crippen molar-refractivity contribution in [2.75, 3.05) is 13.3 Å². The van der Waals surface area contributed by atoms with Gasteiger partial charge in [0.05, 0.1) is 32.7 Å². The molecule has 0 bridgehead atoms. The Hall–Kier alpha value is -1.22. The van der Waals surface area contributed by atoms with Crippen LogP contribution in [0.4, 0.5) is 0 Å². The maximum absolute atomic E-state index is 4.55. The van der Waals surface area contributed by atoms with Crippen LogP contribution in [0.2, 0.25) is 0 Å². The highest BCUT2D eigenvalue weighted by molar-refractivity contribution is 7.63. The van der Waals surface area contributed by atoms with Crippen molar-refractivity contribution in [2.24, 2.45) is 0 Å². The standard InChI is InChI=1S/C24H30P2/c1-25(2)21-15-13-17-9-5-7-11-19(17)23(21)24-20-12-8-6-10-18(20)14-16-22(24)26(3)4/h5,7,9,11,14,16,21,23H,1,3,6,8,10,12-13,15H2,2,4H3/q+2/t21-,23+/m1/s1. The van der Waals surface area contributed by atoms with Crippen molar-refractivity contribution in [3.05, 3.63) is 64.2 Å². The second-order valence-electron chi connectivity index (χ2n) is 8.08. The molecule has 134 valence electrons. The first-order chi connectivity index (χ1) is 12.6. The highest BCUT2D eigenvalue weighted by Crippen LogP contribution is 2.48. The van der Waals surface area contributed by atoms with E-state index in [9.17, 15) is 0 Å². The molecule has 0 fully saturated rings. The minimum Gasteiger partial charge on any atom is -0.0620 e. The van der Waals surface area contributed by atoms with Crippen molar-refractivity contribution < 1.29 is 0 Å². The molecule has 0 aliphatic heterocycles. The van der Waals surface area contributed by atoms with Crippen LogP contribution in [0, 0.1) is 0 Å². The Balaban J connectivity index is 2.00. The van der Waals surface area contributed by atoms with Gasteiger partial charge in [-0.15, -0.1) is 0 Å². The normalized spacial score (nSPS) is 23.0. The summed E-state index contributed by atoms with van der Waals surface area (Å²) in [6.45, 7) is 4.71. The van der Waals surface area contributed by atoms with Gasteiger partial charge >= 0.3 is 0 Å². The van der Waals surface area contributed by atoms with E-state index in [1.165, 1.54) is 38.5 Å². The fourth-order valence-electron chi connectivity index (χ4n) is 5.09. The summed E-state index contributed by atoms with van der Waals surface area (Å²) in [5.41, 5.74) is 8.80. The van der Waals surface area contributed by atoms with Gasteiger partial charge in [-0.25, -0.2) is 0 Å². The van der Waals surface area contributed by atoms with Crippen LogP contribution in [-0.2, 0) is 19.3 Å². The molecule has 26 heavy (non-hydrogen) atoms. The molecule has 2 unspecified atom stereocenters. The van der Waals surface area contributed by atoms with Gasteiger partial charge in [0, 0.05) is 5.56 Å². The van der Waals surface area contributed by atoms with E-state index in [1.807, 2.05) is 0 Å². The molecule has 2 aliphatic rings. The van der Waals surface area contributed by atoms with Gasteiger partial charge < -0.3 is 0 Å². The highest BCUT2D eigenvalue weighted by Gasteiger charge is 2.41. The van der Waals surface area contributed by atoms with Crippen LogP contribution in [-0.4, -0.2) is 31.6 Å². The number of aryl methyl sites for hydroxylation is 2. The second kappa shape index (κ2) is 7.42. The third-order valence-corrected chi connectivity index (χ3v) is 9.23. The van der Waals surface area contributed by atoms with E-state index in [1.54, 1.807) is 33.1 Å². The first kappa shape index (κ1) is 18.2. The van der Waals surface area contributed by atoms with Crippen molar-refractivity contribution in [2.45, 2.75) is 50.1 Å². The van der Waals surface area contributed by atoms with Crippen LogP contribution < -0.4 is 5.30 Å². The quantitative estimate of drug-likeness (QED) is 0.597. The Morgan fingerprint density at radius 2 is 1.65 bits per heavy atom. The van der Waals surface area contributed by atoms with Gasteiger partial charge in [0.1, 0.15) is 19.9 Å². The molecular weight excluding hydrogens is 350 g/mol. The van der Waals surface area contributed by atoms with Gasteiger partial charge in [0.25, 0.3) is 0 Å². The smallest absolute Gasteiger partial charge is 0.0620 e. The number of benzene rings is 2. The van der Waals surface area contributed by atoms with Gasteiger partial charge in [0.2, 0.25) is 0 Å². The summed E-state index contributed by atoms with van der Waals surface area (Å²) < 4.78 is 0. The lowest BCUT2D eigenvalue weighted by Gasteiger charge is -2.33. The van der Waals surface area contributed by atoms with Crippen molar-refractivity contribution in [1.29, 1.82) is 0 Å². The molecule has 0 amide bonds. The van der Waals surface area contributed by atoms with Crippen molar-refractivity contribution in [3.8, 4) is 0 Å². The summed E-state index contributed by atoms with van der Waals surface area (Å²) in [4.78, 5) is 0. The largest absolute Gasteiger partial charge is 0.151 e. The third-order valence-electron chi connectivity index (χ3n) is 6.33. The Labute approximate surface area is 160 Å². The van der Waals surface area contributed by atoms with Crippen molar-refractivity contribution in [1.82, 2.24) is 0 Å². The van der Waals surface area contributed by atoms with Crippen molar-refractivity contribution >= 4 is 33.0 Å². The monoisotopic (exact) mass is 380 g/mol. The lowest BCUT2D eigenvalue weighted by molar-refractivity contribution is 0.613. The summed E-state index contributed by atoms with van der Waals surface area (Å²) >= 11 is 0. The third kappa shape index (κ3) is 3.13. The van der Waals surface area contributed by atoms with Gasteiger partial charge in [-0.05, 0) is 66.8 Å². The minimum atomic E-state index is -0.347. The summed E-state index contributed by atoms with van der Waals surface area (Å²) in [7, 11) is -0.561. The van der Waals surface area contributed by atoms with Crippen LogP contribution in [0.15, 0.2) is 36.4 Å². The van der Waals surface area contributed by atoms with E-state index < -0.39 is 0 Å². The Morgan fingerprint density at radius 1 is 0.885 bits per heavy atom. The molecule has 4 rings (SSSR count). The molecule has 2 heteroatoms. The molecule has 4 atom stereocenters. The van der Waals surface area contributed by atoms with E-state index in [4.69, 9.17) is 0 Å². The molecule has 0 nitrogen and oxygen atoms in total. The predicted molar refractivity (Wildman–Crippen MR) is 123 cm³/mol. The number of hydrogen-bond donors (Lipinski definition) is 0. The van der Waals surface area contributed by atoms with Crippen LogP contribution >= 0.6 is 15.1 Å². The summed E-state index contributed by atoms with van der Waals surface area (Å²) in [5, 5.41) is 1.55. The Kier molecular flexibility index (Phi) is 5.18. The summed E-state index contributed by atoms with van der Waals surface area (Å²) in [6, 6.07) is 14.0. The van der Waals surface area contributed by atoms with E-state index in [0.717, 1.165) is 0 Å². The van der Waals surface area contributed by atoms with E-state index in [0.29, 0.717) is 11.6 Å². The maximum Gasteiger partial charge on any atom is 0.151 e. The van der Waals surface area contributed by atoms with E-state index in [-0.39, 0.29) is 15.1 Å². The van der Waals surface area contributed by atoms with Gasteiger partial charge in [-0.2, -0.15) is 0 Å². The molecule has 0 N–H and O–H groups in total. The molecule has 0 aromatic heterocycles. The molecule has 0 radical (unpaired) electrons. The molecule has 0 spiro atoms.